The molecule has 0 spiro atoms. The molecule has 0 radical (unpaired) electrons. The molecule has 0 fully saturated rings. The first-order chi connectivity index (χ1) is 8.86. The fourth-order valence-electron chi connectivity index (χ4n) is 2.13. The van der Waals surface area contributed by atoms with Crippen molar-refractivity contribution in [3.8, 4) is 0 Å². The van der Waals surface area contributed by atoms with Crippen molar-refractivity contribution < 1.29 is 0 Å². The van der Waals surface area contributed by atoms with Gasteiger partial charge >= 0.3 is 0 Å². The van der Waals surface area contributed by atoms with Crippen LogP contribution in [-0.2, 0) is 13.1 Å². The Labute approximate surface area is 106 Å². The molecule has 4 nitrogen and oxygen atoms in total. The average molecular weight is 240 g/mol. The van der Waals surface area contributed by atoms with E-state index in [1.807, 2.05) is 23.3 Å². The highest BCUT2D eigenvalue weighted by atomic mass is 15.3. The monoisotopic (exact) mass is 240 g/mol. The van der Waals surface area contributed by atoms with Crippen LogP contribution in [0.4, 0.5) is 5.69 Å². The van der Waals surface area contributed by atoms with Gasteiger partial charge in [-0.05, 0) is 24.6 Å². The summed E-state index contributed by atoms with van der Waals surface area (Å²) in [4.78, 5) is 3.23. The first kappa shape index (κ1) is 10.9. The number of benzene rings is 1. The van der Waals surface area contributed by atoms with Crippen LogP contribution >= 0.6 is 0 Å². The van der Waals surface area contributed by atoms with Crippen LogP contribution < -0.4 is 5.32 Å². The Balaban J connectivity index is 1.78. The van der Waals surface area contributed by atoms with Crippen molar-refractivity contribution in [1.82, 2.24) is 14.8 Å². The van der Waals surface area contributed by atoms with Gasteiger partial charge in [0.1, 0.15) is 0 Å². The predicted octanol–water partition coefficient (Wildman–Crippen LogP) is 3.00. The first-order valence-corrected chi connectivity index (χ1v) is 6.18. The lowest BCUT2D eigenvalue weighted by atomic mass is 10.1. The Morgan fingerprint density at radius 1 is 1.33 bits per heavy atom. The highest BCUT2D eigenvalue weighted by molar-refractivity contribution is 5.83. The highest BCUT2D eigenvalue weighted by Crippen LogP contribution is 2.18. The Morgan fingerprint density at radius 3 is 3.11 bits per heavy atom. The van der Waals surface area contributed by atoms with Crippen molar-refractivity contribution in [3.05, 3.63) is 48.4 Å². The van der Waals surface area contributed by atoms with Gasteiger partial charge in [0, 0.05) is 36.4 Å². The predicted molar refractivity (Wildman–Crippen MR) is 73.5 cm³/mol. The molecule has 92 valence electrons. The minimum absolute atomic E-state index is 0.810. The number of rotatable bonds is 4. The van der Waals surface area contributed by atoms with Gasteiger partial charge in [0.25, 0.3) is 0 Å². The zero-order valence-electron chi connectivity index (χ0n) is 10.4. The summed E-state index contributed by atoms with van der Waals surface area (Å²) in [7, 11) is 0. The van der Waals surface area contributed by atoms with E-state index in [0.29, 0.717) is 0 Å². The topological polar surface area (TPSA) is 45.6 Å². The second-order valence-corrected chi connectivity index (χ2v) is 4.29. The van der Waals surface area contributed by atoms with Crippen LogP contribution in [-0.4, -0.2) is 14.8 Å². The van der Waals surface area contributed by atoms with Gasteiger partial charge in [-0.1, -0.05) is 12.1 Å². The molecule has 0 saturated heterocycles. The zero-order valence-corrected chi connectivity index (χ0v) is 10.4. The van der Waals surface area contributed by atoms with Gasteiger partial charge in [-0.15, -0.1) is 0 Å². The van der Waals surface area contributed by atoms with E-state index in [4.69, 9.17) is 0 Å². The van der Waals surface area contributed by atoms with Crippen molar-refractivity contribution in [3.63, 3.8) is 0 Å². The fraction of sp³-hybridized carbons (Fsp3) is 0.214. The Bertz CT molecular complexity index is 650. The third kappa shape index (κ3) is 1.97. The molecule has 3 aromatic rings. The minimum Gasteiger partial charge on any atom is -0.378 e. The van der Waals surface area contributed by atoms with E-state index < -0.39 is 0 Å². The number of H-pyrrole nitrogens is 1. The molecule has 0 aliphatic carbocycles. The normalized spacial score (nSPS) is 10.9. The van der Waals surface area contributed by atoms with Crippen LogP contribution in [0.5, 0.6) is 0 Å². The first-order valence-electron chi connectivity index (χ1n) is 6.18. The number of fused-ring (bicyclic) bond motifs is 1. The summed E-state index contributed by atoms with van der Waals surface area (Å²) >= 11 is 0. The van der Waals surface area contributed by atoms with E-state index in [1.165, 1.54) is 16.5 Å². The second kappa shape index (κ2) is 4.56. The lowest BCUT2D eigenvalue weighted by Crippen LogP contribution is -1.99. The van der Waals surface area contributed by atoms with Crippen molar-refractivity contribution in [2.24, 2.45) is 0 Å². The maximum Gasteiger partial charge on any atom is 0.0729 e. The summed E-state index contributed by atoms with van der Waals surface area (Å²) in [5, 5.41) is 8.92. The van der Waals surface area contributed by atoms with E-state index in [-0.39, 0.29) is 0 Å². The maximum atomic E-state index is 4.25. The second-order valence-electron chi connectivity index (χ2n) is 4.29. The Hall–Kier alpha value is -2.23. The molecule has 0 bridgehead atoms. The van der Waals surface area contributed by atoms with Crippen LogP contribution in [0.3, 0.4) is 0 Å². The molecule has 18 heavy (non-hydrogen) atoms. The molecule has 0 atom stereocenters. The number of hydrogen-bond acceptors (Lipinski definition) is 2. The van der Waals surface area contributed by atoms with E-state index in [9.17, 15) is 0 Å². The fourth-order valence-corrected chi connectivity index (χ4v) is 2.13. The van der Waals surface area contributed by atoms with Crippen LogP contribution in [0.25, 0.3) is 10.9 Å². The molecule has 4 heteroatoms. The molecule has 2 heterocycles. The SMILES string of the molecule is CCn1cc(NCc2cccc3[nH]ccc23)cn1. The molecule has 1 aromatic carbocycles. The van der Waals surface area contributed by atoms with Crippen LogP contribution in [0.15, 0.2) is 42.9 Å². The molecule has 2 aromatic heterocycles. The van der Waals surface area contributed by atoms with E-state index in [1.54, 1.807) is 0 Å². The smallest absolute Gasteiger partial charge is 0.0729 e. The zero-order chi connectivity index (χ0) is 12.4. The van der Waals surface area contributed by atoms with Crippen LogP contribution in [0, 0.1) is 0 Å². The molecule has 0 saturated carbocycles. The Morgan fingerprint density at radius 2 is 2.28 bits per heavy atom. The summed E-state index contributed by atoms with van der Waals surface area (Å²) in [6.07, 6.45) is 5.86. The number of aromatic nitrogens is 3. The van der Waals surface area contributed by atoms with Crippen LogP contribution in [0.1, 0.15) is 12.5 Å². The number of anilines is 1. The molecular weight excluding hydrogens is 224 g/mol. The number of aryl methyl sites for hydroxylation is 1. The van der Waals surface area contributed by atoms with Crippen molar-refractivity contribution >= 4 is 16.6 Å². The molecular formula is C14H16N4. The lowest BCUT2D eigenvalue weighted by molar-refractivity contribution is 0.660. The summed E-state index contributed by atoms with van der Waals surface area (Å²) in [5.41, 5.74) is 3.53. The van der Waals surface area contributed by atoms with Gasteiger partial charge in [0.05, 0.1) is 11.9 Å². The molecule has 0 unspecified atom stereocenters. The molecule has 2 N–H and O–H groups in total. The summed E-state index contributed by atoms with van der Waals surface area (Å²) < 4.78 is 1.92. The summed E-state index contributed by atoms with van der Waals surface area (Å²) in [5.74, 6) is 0. The van der Waals surface area contributed by atoms with Gasteiger partial charge < -0.3 is 10.3 Å². The lowest BCUT2D eigenvalue weighted by Gasteiger charge is -2.05. The van der Waals surface area contributed by atoms with Gasteiger partial charge in [0.2, 0.25) is 0 Å². The van der Waals surface area contributed by atoms with Gasteiger partial charge in [-0.2, -0.15) is 5.10 Å². The van der Waals surface area contributed by atoms with E-state index in [2.05, 4.69) is 46.6 Å². The maximum absolute atomic E-state index is 4.25. The molecule has 0 aliphatic heterocycles. The summed E-state index contributed by atoms with van der Waals surface area (Å²) in [6, 6.07) is 8.43. The third-order valence-corrected chi connectivity index (χ3v) is 3.13. The molecule has 3 rings (SSSR count). The third-order valence-electron chi connectivity index (χ3n) is 3.13. The quantitative estimate of drug-likeness (QED) is 0.736. The van der Waals surface area contributed by atoms with Gasteiger partial charge in [-0.3, -0.25) is 4.68 Å². The molecule has 0 amide bonds. The highest BCUT2D eigenvalue weighted by Gasteiger charge is 2.02. The van der Waals surface area contributed by atoms with Gasteiger partial charge in [-0.25, -0.2) is 0 Å². The number of nitrogens with zero attached hydrogens (tertiary/aromatic N) is 2. The minimum atomic E-state index is 0.810. The van der Waals surface area contributed by atoms with Gasteiger partial charge in [0.15, 0.2) is 0 Å². The number of hydrogen-bond donors (Lipinski definition) is 2. The van der Waals surface area contributed by atoms with Crippen molar-refractivity contribution in [2.75, 3.05) is 5.32 Å². The Kier molecular flexibility index (Phi) is 2.76. The number of nitrogens with one attached hydrogen (secondary N) is 2. The standard InChI is InChI=1S/C14H16N4/c1-2-18-10-12(9-17-18)16-8-11-4-3-5-14-13(11)6-7-15-14/h3-7,9-10,15-16H,2,8H2,1H3. The molecule has 0 aliphatic rings. The summed E-state index contributed by atoms with van der Waals surface area (Å²) in [6.45, 7) is 3.79. The van der Waals surface area contributed by atoms with Crippen LogP contribution in [0.2, 0.25) is 0 Å². The number of aromatic amines is 1. The van der Waals surface area contributed by atoms with E-state index in [0.717, 1.165) is 18.8 Å². The average Bonchev–Trinajstić information content (AvgIpc) is 3.05. The van der Waals surface area contributed by atoms with E-state index >= 15 is 0 Å². The van der Waals surface area contributed by atoms with Crippen molar-refractivity contribution in [2.45, 2.75) is 20.0 Å². The van der Waals surface area contributed by atoms with Crippen molar-refractivity contribution in [1.29, 1.82) is 0 Å². The largest absolute Gasteiger partial charge is 0.378 e.